The summed E-state index contributed by atoms with van der Waals surface area (Å²) >= 11 is 0. The zero-order chi connectivity index (χ0) is 15.7. The Bertz CT molecular complexity index is 557. The minimum absolute atomic E-state index is 0.0561. The van der Waals surface area contributed by atoms with Crippen LogP contribution in [0, 0.1) is 25.7 Å². The lowest BCUT2D eigenvalue weighted by molar-refractivity contribution is -0.127. The van der Waals surface area contributed by atoms with Crippen LogP contribution in [0.15, 0.2) is 6.07 Å². The number of carbonyl (C=O) groups is 2. The third-order valence-corrected chi connectivity index (χ3v) is 4.71. The van der Waals surface area contributed by atoms with Crippen molar-refractivity contribution in [2.45, 2.75) is 47.6 Å². The first-order valence-electron chi connectivity index (χ1n) is 7.82. The predicted octanol–water partition coefficient (Wildman–Crippen LogP) is 2.81. The van der Waals surface area contributed by atoms with Gasteiger partial charge in [0.25, 0.3) is 0 Å². The number of likely N-dealkylation sites (tertiary alicyclic amines) is 1. The first-order valence-corrected chi connectivity index (χ1v) is 7.82. The second-order valence-electron chi connectivity index (χ2n) is 6.43. The molecule has 4 nitrogen and oxygen atoms in total. The van der Waals surface area contributed by atoms with Crippen molar-refractivity contribution in [3.8, 4) is 0 Å². The van der Waals surface area contributed by atoms with E-state index in [1.165, 1.54) is 0 Å². The number of aromatic nitrogens is 1. The lowest BCUT2D eigenvalue weighted by atomic mass is 9.95. The van der Waals surface area contributed by atoms with Crippen LogP contribution in [0.5, 0.6) is 0 Å². The standard InChI is InChI=1S/C17H26N2O2/c1-6-19-12(4)7-15(13(19)5)16(20)10-18-9-14(11(2)3)8-17(18)21/h7,11,14H,6,8-10H2,1-5H3. The van der Waals surface area contributed by atoms with Gasteiger partial charge in [0.15, 0.2) is 5.78 Å². The molecule has 2 heterocycles. The van der Waals surface area contributed by atoms with Gasteiger partial charge < -0.3 is 9.47 Å². The molecular formula is C17H26N2O2. The van der Waals surface area contributed by atoms with Gasteiger partial charge in [0, 0.05) is 36.5 Å². The lowest BCUT2D eigenvalue weighted by Gasteiger charge is -2.17. The van der Waals surface area contributed by atoms with Crippen LogP contribution >= 0.6 is 0 Å². The van der Waals surface area contributed by atoms with E-state index in [-0.39, 0.29) is 18.2 Å². The summed E-state index contributed by atoms with van der Waals surface area (Å²) < 4.78 is 2.13. The Hall–Kier alpha value is -1.58. The van der Waals surface area contributed by atoms with Crippen molar-refractivity contribution in [2.75, 3.05) is 13.1 Å². The summed E-state index contributed by atoms with van der Waals surface area (Å²) in [4.78, 5) is 26.3. The molecule has 0 spiro atoms. The third kappa shape index (κ3) is 3.04. The Morgan fingerprint density at radius 1 is 1.38 bits per heavy atom. The maximum Gasteiger partial charge on any atom is 0.223 e. The van der Waals surface area contributed by atoms with Gasteiger partial charge in [-0.3, -0.25) is 9.59 Å². The van der Waals surface area contributed by atoms with Gasteiger partial charge in [-0.25, -0.2) is 0 Å². The summed E-state index contributed by atoms with van der Waals surface area (Å²) in [5.41, 5.74) is 2.87. The normalized spacial score (nSPS) is 18.9. The smallest absolute Gasteiger partial charge is 0.223 e. The molecule has 0 radical (unpaired) electrons. The van der Waals surface area contributed by atoms with E-state index < -0.39 is 0 Å². The van der Waals surface area contributed by atoms with Crippen molar-refractivity contribution in [2.24, 2.45) is 11.8 Å². The Morgan fingerprint density at radius 2 is 2.05 bits per heavy atom. The fourth-order valence-corrected chi connectivity index (χ4v) is 3.23. The highest BCUT2D eigenvalue weighted by Crippen LogP contribution is 2.25. The van der Waals surface area contributed by atoms with Crippen LogP contribution in [0.2, 0.25) is 0 Å². The molecule has 1 aromatic heterocycles. The highest BCUT2D eigenvalue weighted by Gasteiger charge is 2.32. The number of rotatable bonds is 5. The molecule has 1 unspecified atom stereocenters. The fraction of sp³-hybridized carbons (Fsp3) is 0.647. The Labute approximate surface area is 127 Å². The summed E-state index contributed by atoms with van der Waals surface area (Å²) in [6.07, 6.45) is 0.582. The first-order chi connectivity index (χ1) is 9.85. The van der Waals surface area contributed by atoms with Gasteiger partial charge >= 0.3 is 0 Å². The van der Waals surface area contributed by atoms with E-state index in [2.05, 4.69) is 25.3 Å². The molecule has 1 atom stereocenters. The minimum atomic E-state index is 0.0561. The van der Waals surface area contributed by atoms with E-state index in [0.717, 1.165) is 30.0 Å². The van der Waals surface area contributed by atoms with Gasteiger partial charge in [-0.15, -0.1) is 0 Å². The quantitative estimate of drug-likeness (QED) is 0.783. The van der Waals surface area contributed by atoms with Crippen molar-refractivity contribution in [3.63, 3.8) is 0 Å². The third-order valence-electron chi connectivity index (χ3n) is 4.71. The molecule has 1 aliphatic heterocycles. The molecule has 116 valence electrons. The Morgan fingerprint density at radius 3 is 2.52 bits per heavy atom. The molecule has 0 aromatic carbocycles. The molecule has 1 aliphatic rings. The van der Waals surface area contributed by atoms with Crippen LogP contribution < -0.4 is 0 Å². The molecule has 21 heavy (non-hydrogen) atoms. The van der Waals surface area contributed by atoms with Crippen LogP contribution in [0.4, 0.5) is 0 Å². The van der Waals surface area contributed by atoms with E-state index in [0.29, 0.717) is 18.3 Å². The molecule has 1 saturated heterocycles. The van der Waals surface area contributed by atoms with Crippen LogP contribution in [-0.4, -0.2) is 34.2 Å². The number of amides is 1. The van der Waals surface area contributed by atoms with Gasteiger partial charge in [-0.05, 0) is 38.7 Å². The van der Waals surface area contributed by atoms with Crippen LogP contribution in [0.1, 0.15) is 48.9 Å². The molecule has 1 aromatic rings. The number of aryl methyl sites for hydroxylation is 1. The van der Waals surface area contributed by atoms with Gasteiger partial charge in [0.05, 0.1) is 6.54 Å². The summed E-state index contributed by atoms with van der Waals surface area (Å²) in [6.45, 7) is 12.1. The zero-order valence-electron chi connectivity index (χ0n) is 13.8. The van der Waals surface area contributed by atoms with Crippen molar-refractivity contribution in [1.29, 1.82) is 0 Å². The number of Topliss-reactive ketones (excluding diaryl/α,β-unsaturated/α-hetero) is 1. The van der Waals surface area contributed by atoms with E-state index in [4.69, 9.17) is 0 Å². The van der Waals surface area contributed by atoms with Gasteiger partial charge in [0.1, 0.15) is 0 Å². The van der Waals surface area contributed by atoms with E-state index in [1.807, 2.05) is 19.9 Å². The molecule has 0 N–H and O–H groups in total. The van der Waals surface area contributed by atoms with Crippen molar-refractivity contribution in [3.05, 3.63) is 23.0 Å². The zero-order valence-corrected chi connectivity index (χ0v) is 13.8. The summed E-state index contributed by atoms with van der Waals surface area (Å²) in [7, 11) is 0. The SMILES string of the molecule is CCn1c(C)cc(C(=O)CN2CC(C(C)C)CC2=O)c1C. The number of ketones is 1. The molecule has 0 aliphatic carbocycles. The van der Waals surface area contributed by atoms with Gasteiger partial charge in [0.2, 0.25) is 5.91 Å². The van der Waals surface area contributed by atoms with Gasteiger partial charge in [-0.1, -0.05) is 13.8 Å². The minimum Gasteiger partial charge on any atom is -0.349 e. The largest absolute Gasteiger partial charge is 0.349 e. The number of hydrogen-bond donors (Lipinski definition) is 0. The number of nitrogens with zero attached hydrogens (tertiary/aromatic N) is 2. The molecule has 1 amide bonds. The molecular weight excluding hydrogens is 264 g/mol. The fourth-order valence-electron chi connectivity index (χ4n) is 3.23. The maximum absolute atomic E-state index is 12.5. The number of carbonyl (C=O) groups excluding carboxylic acids is 2. The maximum atomic E-state index is 12.5. The van der Waals surface area contributed by atoms with Crippen LogP contribution in [-0.2, 0) is 11.3 Å². The molecule has 4 heteroatoms. The van der Waals surface area contributed by atoms with Crippen LogP contribution in [0.25, 0.3) is 0 Å². The predicted molar refractivity (Wildman–Crippen MR) is 83.4 cm³/mol. The molecule has 0 saturated carbocycles. The lowest BCUT2D eigenvalue weighted by Crippen LogP contribution is -2.31. The monoisotopic (exact) mass is 290 g/mol. The van der Waals surface area contributed by atoms with Crippen molar-refractivity contribution < 1.29 is 9.59 Å². The highest BCUT2D eigenvalue weighted by molar-refractivity contribution is 6.00. The molecule has 0 bridgehead atoms. The van der Waals surface area contributed by atoms with E-state index in [1.54, 1.807) is 4.90 Å². The average molecular weight is 290 g/mol. The second kappa shape index (κ2) is 6.04. The van der Waals surface area contributed by atoms with Gasteiger partial charge in [-0.2, -0.15) is 0 Å². The molecule has 1 fully saturated rings. The van der Waals surface area contributed by atoms with Crippen LogP contribution in [0.3, 0.4) is 0 Å². The second-order valence-corrected chi connectivity index (χ2v) is 6.43. The number of hydrogen-bond acceptors (Lipinski definition) is 2. The highest BCUT2D eigenvalue weighted by atomic mass is 16.2. The topological polar surface area (TPSA) is 42.3 Å². The summed E-state index contributed by atoms with van der Waals surface area (Å²) in [5.74, 6) is 1.04. The van der Waals surface area contributed by atoms with Crippen molar-refractivity contribution in [1.82, 2.24) is 9.47 Å². The average Bonchev–Trinajstić information content (AvgIpc) is 2.91. The van der Waals surface area contributed by atoms with Crippen molar-refractivity contribution >= 4 is 11.7 Å². The molecule has 2 rings (SSSR count). The van der Waals surface area contributed by atoms with E-state index in [9.17, 15) is 9.59 Å². The Balaban J connectivity index is 2.10. The summed E-state index contributed by atoms with van der Waals surface area (Å²) in [6, 6.07) is 1.95. The summed E-state index contributed by atoms with van der Waals surface area (Å²) in [5, 5.41) is 0. The van der Waals surface area contributed by atoms with E-state index >= 15 is 0 Å². The first kappa shape index (κ1) is 15.8. The Kier molecular flexibility index (Phi) is 4.55.